The van der Waals surface area contributed by atoms with E-state index in [1.807, 2.05) is 31.2 Å². The second-order valence-electron chi connectivity index (χ2n) is 7.28. The Kier molecular flexibility index (Phi) is 7.15. The Hall–Kier alpha value is -2.37. The summed E-state index contributed by atoms with van der Waals surface area (Å²) in [4.78, 5) is 35.5. The molecule has 0 bridgehead atoms. The lowest BCUT2D eigenvalue weighted by Crippen LogP contribution is -2.45. The van der Waals surface area contributed by atoms with Crippen LogP contribution in [0.2, 0.25) is 0 Å². The average molecular weight is 349 g/mol. The fourth-order valence-corrected chi connectivity index (χ4v) is 2.20. The highest BCUT2D eigenvalue weighted by molar-refractivity contribution is 5.87. The molecule has 0 aliphatic heterocycles. The minimum atomic E-state index is -1.11. The third-order valence-corrected chi connectivity index (χ3v) is 3.52. The van der Waals surface area contributed by atoms with E-state index in [1.165, 1.54) is 0 Å². The average Bonchev–Trinajstić information content (AvgIpc) is 2.46. The molecule has 2 atom stereocenters. The monoisotopic (exact) mass is 349 g/mol. The number of nitrogens with one attached hydrogen (secondary N) is 1. The molecule has 1 unspecified atom stereocenters. The van der Waals surface area contributed by atoms with E-state index in [-0.39, 0.29) is 12.8 Å². The van der Waals surface area contributed by atoms with Crippen molar-refractivity contribution in [2.24, 2.45) is 5.92 Å². The van der Waals surface area contributed by atoms with E-state index in [4.69, 9.17) is 4.74 Å². The standard InChI is InChI=1S/C19H27NO5/c1-12-6-8-14(9-7-12)11-15(18(23)24)20-17(22)13(2)10-16(21)25-19(3,4)5/h6-9,13,15H,10-11H2,1-5H3,(H,20,22)(H,23,24)/t13?,15-/m0/s1. The number of hydrogen-bond donors (Lipinski definition) is 2. The van der Waals surface area contributed by atoms with Crippen molar-refractivity contribution in [3.63, 3.8) is 0 Å². The van der Waals surface area contributed by atoms with Crippen molar-refractivity contribution in [2.75, 3.05) is 0 Å². The van der Waals surface area contributed by atoms with Crippen LogP contribution in [0, 0.1) is 12.8 Å². The topological polar surface area (TPSA) is 92.7 Å². The first-order chi connectivity index (χ1) is 11.5. The summed E-state index contributed by atoms with van der Waals surface area (Å²) in [7, 11) is 0. The Morgan fingerprint density at radius 1 is 1.16 bits per heavy atom. The lowest BCUT2D eigenvalue weighted by atomic mass is 10.0. The van der Waals surface area contributed by atoms with Crippen LogP contribution in [0.25, 0.3) is 0 Å². The van der Waals surface area contributed by atoms with E-state index in [9.17, 15) is 19.5 Å². The third-order valence-electron chi connectivity index (χ3n) is 3.52. The summed E-state index contributed by atoms with van der Waals surface area (Å²) in [6.45, 7) is 8.76. The van der Waals surface area contributed by atoms with Crippen LogP contribution in [0.4, 0.5) is 0 Å². The van der Waals surface area contributed by atoms with Gasteiger partial charge in [0.15, 0.2) is 0 Å². The zero-order chi connectivity index (χ0) is 19.2. The molecule has 138 valence electrons. The van der Waals surface area contributed by atoms with Crippen LogP contribution in [0.5, 0.6) is 0 Å². The third kappa shape index (κ3) is 7.83. The van der Waals surface area contributed by atoms with Crippen LogP contribution in [0.1, 0.15) is 45.2 Å². The smallest absolute Gasteiger partial charge is 0.326 e. The first kappa shape index (κ1) is 20.7. The number of aliphatic carboxylic acids is 1. The molecule has 0 spiro atoms. The normalized spacial score (nSPS) is 13.6. The Morgan fingerprint density at radius 2 is 1.72 bits per heavy atom. The SMILES string of the molecule is Cc1ccc(C[C@H](NC(=O)C(C)CC(=O)OC(C)(C)C)C(=O)O)cc1. The largest absolute Gasteiger partial charge is 0.480 e. The van der Waals surface area contributed by atoms with E-state index in [0.29, 0.717) is 0 Å². The van der Waals surface area contributed by atoms with Gasteiger partial charge in [0.25, 0.3) is 0 Å². The fraction of sp³-hybridized carbons (Fsp3) is 0.526. The molecule has 1 aromatic carbocycles. The van der Waals surface area contributed by atoms with Crippen LogP contribution in [0.15, 0.2) is 24.3 Å². The van der Waals surface area contributed by atoms with E-state index in [0.717, 1.165) is 11.1 Å². The summed E-state index contributed by atoms with van der Waals surface area (Å²) in [5, 5.41) is 11.8. The van der Waals surface area contributed by atoms with E-state index in [2.05, 4.69) is 5.32 Å². The van der Waals surface area contributed by atoms with Gasteiger partial charge in [-0.25, -0.2) is 4.79 Å². The quantitative estimate of drug-likeness (QED) is 0.738. The van der Waals surface area contributed by atoms with Gasteiger partial charge in [0, 0.05) is 12.3 Å². The summed E-state index contributed by atoms with van der Waals surface area (Å²) in [6.07, 6.45) is 0.0838. The number of ether oxygens (including phenoxy) is 1. The van der Waals surface area contributed by atoms with E-state index in [1.54, 1.807) is 27.7 Å². The Balaban J connectivity index is 2.64. The lowest BCUT2D eigenvalue weighted by Gasteiger charge is -2.21. The molecule has 0 aromatic heterocycles. The lowest BCUT2D eigenvalue weighted by molar-refractivity contribution is -0.157. The highest BCUT2D eigenvalue weighted by Crippen LogP contribution is 2.13. The number of carboxylic acids is 1. The van der Waals surface area contributed by atoms with Gasteiger partial charge in [0.2, 0.25) is 5.91 Å². The van der Waals surface area contributed by atoms with E-state index < -0.39 is 35.4 Å². The van der Waals surface area contributed by atoms with Gasteiger partial charge in [-0.3, -0.25) is 9.59 Å². The number of benzene rings is 1. The number of carbonyl (C=O) groups excluding carboxylic acids is 2. The van der Waals surface area contributed by atoms with Crippen molar-refractivity contribution in [3.05, 3.63) is 35.4 Å². The van der Waals surface area contributed by atoms with Gasteiger partial charge < -0.3 is 15.2 Å². The second kappa shape index (κ2) is 8.65. The molecule has 0 fully saturated rings. The van der Waals surface area contributed by atoms with Gasteiger partial charge in [-0.1, -0.05) is 36.8 Å². The maximum atomic E-state index is 12.2. The molecule has 1 rings (SSSR count). The molecule has 0 heterocycles. The van der Waals surface area contributed by atoms with Crippen LogP contribution in [-0.2, 0) is 25.5 Å². The zero-order valence-corrected chi connectivity index (χ0v) is 15.5. The molecule has 0 radical (unpaired) electrons. The number of esters is 1. The molecular formula is C19H27NO5. The molecular weight excluding hydrogens is 322 g/mol. The summed E-state index contributed by atoms with van der Waals surface area (Å²) in [5.74, 6) is -2.75. The van der Waals surface area contributed by atoms with Gasteiger partial charge >= 0.3 is 11.9 Å². The van der Waals surface area contributed by atoms with Crippen molar-refractivity contribution >= 4 is 17.8 Å². The number of amides is 1. The fourth-order valence-electron chi connectivity index (χ4n) is 2.20. The Bertz CT molecular complexity index is 616. The zero-order valence-electron chi connectivity index (χ0n) is 15.5. The van der Waals surface area contributed by atoms with Gasteiger partial charge in [-0.15, -0.1) is 0 Å². The van der Waals surface area contributed by atoms with Gasteiger partial charge in [0.05, 0.1) is 6.42 Å². The molecule has 2 N–H and O–H groups in total. The van der Waals surface area contributed by atoms with Gasteiger partial charge in [-0.2, -0.15) is 0 Å². The first-order valence-corrected chi connectivity index (χ1v) is 8.28. The molecule has 1 amide bonds. The number of rotatable bonds is 7. The van der Waals surface area contributed by atoms with Crippen molar-refractivity contribution in [1.82, 2.24) is 5.32 Å². The molecule has 0 saturated heterocycles. The maximum Gasteiger partial charge on any atom is 0.326 e. The maximum absolute atomic E-state index is 12.2. The summed E-state index contributed by atoms with van der Waals surface area (Å²) < 4.78 is 5.18. The van der Waals surface area contributed by atoms with Gasteiger partial charge in [0.1, 0.15) is 11.6 Å². The molecule has 6 nitrogen and oxygen atoms in total. The molecule has 25 heavy (non-hydrogen) atoms. The van der Waals surface area contributed by atoms with Crippen LogP contribution < -0.4 is 5.32 Å². The summed E-state index contributed by atoms with van der Waals surface area (Å²) in [5.41, 5.74) is 1.27. The van der Waals surface area contributed by atoms with E-state index >= 15 is 0 Å². The number of aryl methyl sites for hydroxylation is 1. The summed E-state index contributed by atoms with van der Waals surface area (Å²) >= 11 is 0. The Morgan fingerprint density at radius 3 is 2.20 bits per heavy atom. The molecule has 0 aliphatic rings. The molecule has 6 heteroatoms. The van der Waals surface area contributed by atoms with Crippen LogP contribution in [0.3, 0.4) is 0 Å². The Labute approximate surface area is 148 Å². The molecule has 1 aromatic rings. The highest BCUT2D eigenvalue weighted by atomic mass is 16.6. The van der Waals surface area contributed by atoms with Crippen LogP contribution >= 0.6 is 0 Å². The molecule has 0 aliphatic carbocycles. The van der Waals surface area contributed by atoms with Crippen molar-refractivity contribution in [3.8, 4) is 0 Å². The number of hydrogen-bond acceptors (Lipinski definition) is 4. The number of carboxylic acid groups (broad SMARTS) is 1. The van der Waals surface area contributed by atoms with Crippen LogP contribution in [-0.4, -0.2) is 34.6 Å². The predicted molar refractivity (Wildman–Crippen MR) is 94.1 cm³/mol. The van der Waals surface area contributed by atoms with Crippen molar-refractivity contribution in [2.45, 2.75) is 59.1 Å². The number of carbonyl (C=O) groups is 3. The second-order valence-corrected chi connectivity index (χ2v) is 7.28. The highest BCUT2D eigenvalue weighted by Gasteiger charge is 2.26. The van der Waals surface area contributed by atoms with Crippen molar-refractivity contribution in [1.29, 1.82) is 0 Å². The van der Waals surface area contributed by atoms with Gasteiger partial charge in [-0.05, 0) is 33.3 Å². The first-order valence-electron chi connectivity index (χ1n) is 8.28. The molecule has 0 saturated carbocycles. The summed E-state index contributed by atoms with van der Waals surface area (Å²) in [6, 6.07) is 6.40. The van der Waals surface area contributed by atoms with Crippen molar-refractivity contribution < 1.29 is 24.2 Å². The predicted octanol–water partition coefficient (Wildman–Crippen LogP) is 2.47. The minimum absolute atomic E-state index is 0.0972. The minimum Gasteiger partial charge on any atom is -0.480 e.